The molecule has 1 atom stereocenters. The Labute approximate surface area is 102 Å². The van der Waals surface area contributed by atoms with E-state index < -0.39 is 0 Å². The molecule has 17 heavy (non-hydrogen) atoms. The summed E-state index contributed by atoms with van der Waals surface area (Å²) in [7, 11) is 0. The van der Waals surface area contributed by atoms with Crippen molar-refractivity contribution in [2.45, 2.75) is 32.3 Å². The van der Waals surface area contributed by atoms with Crippen LogP contribution in [0.3, 0.4) is 0 Å². The summed E-state index contributed by atoms with van der Waals surface area (Å²) in [5.41, 5.74) is 2.94. The first-order valence-electron chi connectivity index (χ1n) is 6.16. The van der Waals surface area contributed by atoms with E-state index in [4.69, 9.17) is 10.00 Å². The lowest BCUT2D eigenvalue weighted by Gasteiger charge is -2.12. The molecule has 0 saturated carbocycles. The largest absolute Gasteiger partial charge is 0.385 e. The van der Waals surface area contributed by atoms with E-state index in [2.05, 4.69) is 18.3 Å². The molecule has 3 nitrogen and oxygen atoms in total. The van der Waals surface area contributed by atoms with Gasteiger partial charge in [-0.25, -0.2) is 0 Å². The fourth-order valence-electron chi connectivity index (χ4n) is 2.12. The van der Waals surface area contributed by atoms with Gasteiger partial charge >= 0.3 is 0 Å². The van der Waals surface area contributed by atoms with Gasteiger partial charge in [0.1, 0.15) is 0 Å². The van der Waals surface area contributed by atoms with Crippen molar-refractivity contribution in [3.63, 3.8) is 0 Å². The van der Waals surface area contributed by atoms with Crippen molar-refractivity contribution < 1.29 is 4.74 Å². The molecular weight excluding hydrogens is 212 g/mol. The maximum absolute atomic E-state index is 8.85. The molecule has 1 heterocycles. The third-order valence-corrected chi connectivity index (χ3v) is 3.17. The molecule has 1 aromatic carbocycles. The number of nitriles is 1. The molecule has 90 valence electrons. The Balaban J connectivity index is 1.87. The third kappa shape index (κ3) is 3.21. The van der Waals surface area contributed by atoms with Crippen molar-refractivity contribution in [3.05, 3.63) is 29.3 Å². The Kier molecular flexibility index (Phi) is 4.00. The predicted octanol–water partition coefficient (Wildman–Crippen LogP) is 2.85. The first-order chi connectivity index (χ1) is 8.29. The van der Waals surface area contributed by atoms with E-state index in [1.54, 1.807) is 0 Å². The van der Waals surface area contributed by atoms with Crippen LogP contribution in [0.4, 0.5) is 5.69 Å². The lowest BCUT2D eigenvalue weighted by atomic mass is 10.1. The fourth-order valence-corrected chi connectivity index (χ4v) is 2.12. The first kappa shape index (κ1) is 11.9. The number of rotatable bonds is 4. The van der Waals surface area contributed by atoms with Gasteiger partial charge in [0, 0.05) is 18.8 Å². The van der Waals surface area contributed by atoms with Crippen LogP contribution in [0.1, 0.15) is 30.4 Å². The monoisotopic (exact) mass is 230 g/mol. The average Bonchev–Trinajstić information content (AvgIpc) is 2.84. The standard InChI is InChI=1S/C14H18N2O/c1-11-4-5-12(10-15)9-14(11)16-7-6-13-3-2-8-17-13/h4-5,9,13,16H,2-3,6-8H2,1H3. The number of aryl methyl sites for hydroxylation is 1. The molecule has 0 aliphatic carbocycles. The SMILES string of the molecule is Cc1ccc(C#N)cc1NCCC1CCCO1. The van der Waals surface area contributed by atoms with Gasteiger partial charge < -0.3 is 10.1 Å². The summed E-state index contributed by atoms with van der Waals surface area (Å²) in [4.78, 5) is 0. The molecule has 0 radical (unpaired) electrons. The van der Waals surface area contributed by atoms with E-state index >= 15 is 0 Å². The van der Waals surface area contributed by atoms with Crippen LogP contribution in [0.2, 0.25) is 0 Å². The van der Waals surface area contributed by atoms with Crippen LogP contribution < -0.4 is 5.32 Å². The fraction of sp³-hybridized carbons (Fsp3) is 0.500. The van der Waals surface area contributed by atoms with Gasteiger partial charge in [-0.15, -0.1) is 0 Å². The minimum atomic E-state index is 0.418. The molecule has 1 unspecified atom stereocenters. The molecule has 2 rings (SSSR count). The first-order valence-corrected chi connectivity index (χ1v) is 6.16. The summed E-state index contributed by atoms with van der Waals surface area (Å²) in [6.45, 7) is 3.86. The molecular formula is C14H18N2O. The van der Waals surface area contributed by atoms with E-state index in [9.17, 15) is 0 Å². The molecule has 1 N–H and O–H groups in total. The van der Waals surface area contributed by atoms with Crippen molar-refractivity contribution in [1.29, 1.82) is 5.26 Å². The van der Waals surface area contributed by atoms with Crippen LogP contribution >= 0.6 is 0 Å². The molecule has 0 aromatic heterocycles. The summed E-state index contributed by atoms with van der Waals surface area (Å²) in [5.74, 6) is 0. The van der Waals surface area contributed by atoms with Crippen molar-refractivity contribution in [2.75, 3.05) is 18.5 Å². The summed E-state index contributed by atoms with van der Waals surface area (Å²) >= 11 is 0. The van der Waals surface area contributed by atoms with E-state index in [0.29, 0.717) is 11.7 Å². The van der Waals surface area contributed by atoms with Gasteiger partial charge in [0.15, 0.2) is 0 Å². The number of nitrogens with one attached hydrogen (secondary N) is 1. The highest BCUT2D eigenvalue weighted by Gasteiger charge is 2.14. The highest BCUT2D eigenvalue weighted by molar-refractivity contribution is 5.55. The number of nitrogens with zero attached hydrogens (tertiary/aromatic N) is 1. The second-order valence-electron chi connectivity index (χ2n) is 4.49. The normalized spacial score (nSPS) is 18.9. The maximum Gasteiger partial charge on any atom is 0.0992 e. The van der Waals surface area contributed by atoms with Crippen LogP contribution in [0.5, 0.6) is 0 Å². The Morgan fingerprint density at radius 1 is 1.53 bits per heavy atom. The van der Waals surface area contributed by atoms with Crippen molar-refractivity contribution in [1.82, 2.24) is 0 Å². The van der Waals surface area contributed by atoms with Gasteiger partial charge in [-0.2, -0.15) is 5.26 Å². The van der Waals surface area contributed by atoms with Gasteiger partial charge in [0.25, 0.3) is 0 Å². The van der Waals surface area contributed by atoms with Gasteiger partial charge in [0.2, 0.25) is 0 Å². The molecule has 3 heteroatoms. The van der Waals surface area contributed by atoms with E-state index in [1.807, 2.05) is 18.2 Å². The average molecular weight is 230 g/mol. The summed E-state index contributed by atoms with van der Waals surface area (Å²) in [6, 6.07) is 7.90. The summed E-state index contributed by atoms with van der Waals surface area (Å²) in [6.07, 6.45) is 3.82. The molecule has 1 saturated heterocycles. The van der Waals surface area contributed by atoms with Gasteiger partial charge in [-0.05, 0) is 43.9 Å². The lowest BCUT2D eigenvalue weighted by Crippen LogP contribution is -2.12. The molecule has 0 amide bonds. The Bertz CT molecular complexity index is 417. The zero-order valence-electron chi connectivity index (χ0n) is 10.2. The quantitative estimate of drug-likeness (QED) is 0.865. The van der Waals surface area contributed by atoms with Gasteiger partial charge in [0.05, 0.1) is 17.7 Å². The molecule has 1 aliphatic heterocycles. The number of hydrogen-bond acceptors (Lipinski definition) is 3. The smallest absolute Gasteiger partial charge is 0.0992 e. The molecule has 1 fully saturated rings. The van der Waals surface area contributed by atoms with Gasteiger partial charge in [-0.1, -0.05) is 6.07 Å². The highest BCUT2D eigenvalue weighted by Crippen LogP contribution is 2.18. The van der Waals surface area contributed by atoms with Crippen LogP contribution in [0.15, 0.2) is 18.2 Å². The van der Waals surface area contributed by atoms with Crippen LogP contribution in [0.25, 0.3) is 0 Å². The Morgan fingerprint density at radius 2 is 2.41 bits per heavy atom. The second kappa shape index (κ2) is 5.70. The number of ether oxygens (including phenoxy) is 1. The highest BCUT2D eigenvalue weighted by atomic mass is 16.5. The maximum atomic E-state index is 8.85. The van der Waals surface area contributed by atoms with Crippen molar-refractivity contribution in [3.8, 4) is 6.07 Å². The van der Waals surface area contributed by atoms with Crippen molar-refractivity contribution >= 4 is 5.69 Å². The van der Waals surface area contributed by atoms with Crippen molar-refractivity contribution in [2.24, 2.45) is 0 Å². The number of benzene rings is 1. The zero-order valence-corrected chi connectivity index (χ0v) is 10.2. The van der Waals surface area contributed by atoms with E-state index in [1.165, 1.54) is 18.4 Å². The number of anilines is 1. The van der Waals surface area contributed by atoms with E-state index in [-0.39, 0.29) is 0 Å². The van der Waals surface area contributed by atoms with Crippen LogP contribution in [-0.4, -0.2) is 19.3 Å². The Morgan fingerprint density at radius 3 is 3.12 bits per heavy atom. The second-order valence-corrected chi connectivity index (χ2v) is 4.49. The minimum absolute atomic E-state index is 0.418. The number of hydrogen-bond donors (Lipinski definition) is 1. The van der Waals surface area contributed by atoms with Crippen LogP contribution in [0, 0.1) is 18.3 Å². The van der Waals surface area contributed by atoms with E-state index in [0.717, 1.165) is 25.3 Å². The minimum Gasteiger partial charge on any atom is -0.385 e. The molecule has 0 spiro atoms. The summed E-state index contributed by atoms with van der Waals surface area (Å²) < 4.78 is 5.57. The molecule has 0 bridgehead atoms. The van der Waals surface area contributed by atoms with Gasteiger partial charge in [-0.3, -0.25) is 0 Å². The lowest BCUT2D eigenvalue weighted by molar-refractivity contribution is 0.107. The zero-order chi connectivity index (χ0) is 12.1. The Hall–Kier alpha value is -1.53. The van der Waals surface area contributed by atoms with Crippen LogP contribution in [-0.2, 0) is 4.74 Å². The molecule has 1 aromatic rings. The molecule has 1 aliphatic rings. The predicted molar refractivity (Wildman–Crippen MR) is 68.0 cm³/mol. The third-order valence-electron chi connectivity index (χ3n) is 3.17. The summed E-state index contributed by atoms with van der Waals surface area (Å²) in [5, 5.41) is 12.2. The topological polar surface area (TPSA) is 45.0 Å².